The number of nitriles is 1. The minimum Gasteiger partial charge on any atom is -0.309 e. The first kappa shape index (κ1) is 12.2. The molecular formula is C12H18N2S. The van der Waals surface area contributed by atoms with Crippen LogP contribution in [0.15, 0.2) is 17.5 Å². The molecule has 0 bridgehead atoms. The Morgan fingerprint density at radius 1 is 1.60 bits per heavy atom. The van der Waals surface area contributed by atoms with Gasteiger partial charge in [0.15, 0.2) is 0 Å². The highest BCUT2D eigenvalue weighted by Crippen LogP contribution is 2.20. The molecule has 0 amide bonds. The Morgan fingerprint density at radius 2 is 2.33 bits per heavy atom. The van der Waals surface area contributed by atoms with Crippen LogP contribution in [0.2, 0.25) is 0 Å². The molecule has 0 aliphatic rings. The molecule has 1 aromatic heterocycles. The van der Waals surface area contributed by atoms with Gasteiger partial charge in [-0.2, -0.15) is 5.26 Å². The average molecular weight is 222 g/mol. The Balaban J connectivity index is 2.30. The van der Waals surface area contributed by atoms with Crippen molar-refractivity contribution in [3.05, 3.63) is 22.4 Å². The number of hydrogen-bond donors (Lipinski definition) is 1. The van der Waals surface area contributed by atoms with Crippen molar-refractivity contribution < 1.29 is 0 Å². The fourth-order valence-corrected chi connectivity index (χ4v) is 2.05. The lowest BCUT2D eigenvalue weighted by Gasteiger charge is -2.17. The summed E-state index contributed by atoms with van der Waals surface area (Å²) in [6.07, 6.45) is 0.888. The highest BCUT2D eigenvalue weighted by Gasteiger charge is 2.16. The molecule has 0 saturated heterocycles. The van der Waals surface area contributed by atoms with Gasteiger partial charge in [0.05, 0.1) is 11.5 Å². The van der Waals surface area contributed by atoms with E-state index in [0.717, 1.165) is 13.0 Å². The molecule has 0 aromatic carbocycles. The number of nitrogens with one attached hydrogen (secondary N) is 1. The molecular weight excluding hydrogens is 204 g/mol. The van der Waals surface area contributed by atoms with Crippen molar-refractivity contribution in [1.82, 2.24) is 5.32 Å². The van der Waals surface area contributed by atoms with E-state index in [9.17, 15) is 0 Å². The molecule has 1 heterocycles. The highest BCUT2D eigenvalue weighted by atomic mass is 32.1. The van der Waals surface area contributed by atoms with Crippen LogP contribution in [-0.4, -0.2) is 6.54 Å². The maximum absolute atomic E-state index is 8.87. The van der Waals surface area contributed by atoms with Crippen molar-refractivity contribution in [2.75, 3.05) is 6.54 Å². The largest absolute Gasteiger partial charge is 0.309 e. The van der Waals surface area contributed by atoms with Crippen molar-refractivity contribution in [3.63, 3.8) is 0 Å². The Hall–Kier alpha value is -0.850. The number of rotatable bonds is 5. The van der Waals surface area contributed by atoms with Crippen LogP contribution in [0.1, 0.15) is 38.1 Å². The smallest absolute Gasteiger partial charge is 0.0684 e. The molecule has 1 N–H and O–H groups in total. The van der Waals surface area contributed by atoms with Crippen LogP contribution in [0.4, 0.5) is 0 Å². The van der Waals surface area contributed by atoms with Gasteiger partial charge in [-0.15, -0.1) is 11.3 Å². The van der Waals surface area contributed by atoms with Crippen molar-refractivity contribution >= 4 is 11.3 Å². The lowest BCUT2D eigenvalue weighted by Crippen LogP contribution is -2.23. The van der Waals surface area contributed by atoms with Gasteiger partial charge in [0.1, 0.15) is 0 Å². The summed E-state index contributed by atoms with van der Waals surface area (Å²) in [6.45, 7) is 7.00. The summed E-state index contributed by atoms with van der Waals surface area (Å²) < 4.78 is 0. The third kappa shape index (κ3) is 4.03. The molecule has 2 nitrogen and oxygen atoms in total. The van der Waals surface area contributed by atoms with Gasteiger partial charge in [0.2, 0.25) is 0 Å². The van der Waals surface area contributed by atoms with Gasteiger partial charge in [-0.25, -0.2) is 0 Å². The standard InChI is InChI=1S/C12H18N2S/c1-10(11-5-4-8-15-11)14-7-6-12(2,3)9-13/h4-5,8,10,14H,6-7H2,1-3H3/t10-/m1/s1. The molecule has 0 saturated carbocycles. The van der Waals surface area contributed by atoms with E-state index in [1.165, 1.54) is 4.88 Å². The van der Waals surface area contributed by atoms with Crippen LogP contribution in [0.25, 0.3) is 0 Å². The lowest BCUT2D eigenvalue weighted by molar-refractivity contribution is 0.418. The van der Waals surface area contributed by atoms with E-state index in [4.69, 9.17) is 5.26 Å². The van der Waals surface area contributed by atoms with Crippen LogP contribution in [-0.2, 0) is 0 Å². The van der Waals surface area contributed by atoms with Crippen molar-refractivity contribution in [2.45, 2.75) is 33.2 Å². The summed E-state index contributed by atoms with van der Waals surface area (Å²) in [5.41, 5.74) is -0.220. The minimum absolute atomic E-state index is 0.220. The van der Waals surface area contributed by atoms with Crippen molar-refractivity contribution in [3.8, 4) is 6.07 Å². The SMILES string of the molecule is C[C@@H](NCCC(C)(C)C#N)c1cccs1. The molecule has 3 heteroatoms. The van der Waals surface area contributed by atoms with E-state index < -0.39 is 0 Å². The Kier molecular flexibility index (Phi) is 4.31. The fourth-order valence-electron chi connectivity index (χ4n) is 1.30. The first-order valence-electron chi connectivity index (χ1n) is 5.23. The third-order valence-corrected chi connectivity index (χ3v) is 3.53. The topological polar surface area (TPSA) is 35.8 Å². The molecule has 82 valence electrons. The first-order valence-corrected chi connectivity index (χ1v) is 6.11. The summed E-state index contributed by atoms with van der Waals surface area (Å²) in [6, 6.07) is 6.90. The summed E-state index contributed by atoms with van der Waals surface area (Å²) in [5.74, 6) is 0. The number of nitrogens with zero attached hydrogens (tertiary/aromatic N) is 1. The fraction of sp³-hybridized carbons (Fsp3) is 0.583. The average Bonchev–Trinajstić information content (AvgIpc) is 2.70. The van der Waals surface area contributed by atoms with Crippen LogP contribution in [0.3, 0.4) is 0 Å². The van der Waals surface area contributed by atoms with E-state index in [1.807, 2.05) is 13.8 Å². The second-order valence-corrected chi connectivity index (χ2v) is 5.42. The van der Waals surface area contributed by atoms with E-state index in [0.29, 0.717) is 6.04 Å². The van der Waals surface area contributed by atoms with E-state index in [1.54, 1.807) is 11.3 Å². The Bertz CT molecular complexity index is 322. The maximum Gasteiger partial charge on any atom is 0.0684 e. The Labute approximate surface area is 95.9 Å². The lowest BCUT2D eigenvalue weighted by atomic mass is 9.91. The molecule has 0 spiro atoms. The molecule has 0 aliphatic heterocycles. The first-order chi connectivity index (χ1) is 7.05. The second-order valence-electron chi connectivity index (χ2n) is 4.44. The van der Waals surface area contributed by atoms with Gasteiger partial charge >= 0.3 is 0 Å². The van der Waals surface area contributed by atoms with Gasteiger partial charge in [0.25, 0.3) is 0 Å². The van der Waals surface area contributed by atoms with Gasteiger partial charge in [-0.1, -0.05) is 6.07 Å². The van der Waals surface area contributed by atoms with E-state index in [2.05, 4.69) is 35.8 Å². The van der Waals surface area contributed by atoms with Crippen LogP contribution in [0.5, 0.6) is 0 Å². The van der Waals surface area contributed by atoms with Crippen LogP contribution < -0.4 is 5.32 Å². The molecule has 1 atom stereocenters. The minimum atomic E-state index is -0.220. The van der Waals surface area contributed by atoms with Crippen molar-refractivity contribution in [1.29, 1.82) is 5.26 Å². The third-order valence-electron chi connectivity index (χ3n) is 2.47. The van der Waals surface area contributed by atoms with Gasteiger partial charge in [-0.05, 0) is 45.2 Å². The Morgan fingerprint density at radius 3 is 2.87 bits per heavy atom. The second kappa shape index (κ2) is 5.29. The highest BCUT2D eigenvalue weighted by molar-refractivity contribution is 7.10. The number of thiophene rings is 1. The monoisotopic (exact) mass is 222 g/mol. The number of hydrogen-bond acceptors (Lipinski definition) is 3. The van der Waals surface area contributed by atoms with E-state index in [-0.39, 0.29) is 5.41 Å². The summed E-state index contributed by atoms with van der Waals surface area (Å²) >= 11 is 1.77. The molecule has 0 radical (unpaired) electrons. The summed E-state index contributed by atoms with van der Waals surface area (Å²) in [5, 5.41) is 14.4. The predicted octanol–water partition coefficient (Wildman–Crippen LogP) is 3.34. The predicted molar refractivity (Wildman–Crippen MR) is 64.7 cm³/mol. The van der Waals surface area contributed by atoms with Crippen molar-refractivity contribution in [2.24, 2.45) is 5.41 Å². The summed E-state index contributed by atoms with van der Waals surface area (Å²) in [4.78, 5) is 1.35. The van der Waals surface area contributed by atoms with Gasteiger partial charge in [-0.3, -0.25) is 0 Å². The van der Waals surface area contributed by atoms with Gasteiger partial charge < -0.3 is 5.32 Å². The van der Waals surface area contributed by atoms with E-state index >= 15 is 0 Å². The van der Waals surface area contributed by atoms with Gasteiger partial charge in [0, 0.05) is 10.9 Å². The molecule has 1 rings (SSSR count). The van der Waals surface area contributed by atoms with Crippen LogP contribution in [0, 0.1) is 16.7 Å². The molecule has 0 fully saturated rings. The molecule has 15 heavy (non-hydrogen) atoms. The molecule has 1 aromatic rings. The molecule has 0 unspecified atom stereocenters. The zero-order valence-electron chi connectivity index (χ0n) is 9.58. The van der Waals surface area contributed by atoms with Crippen LogP contribution >= 0.6 is 11.3 Å². The zero-order chi connectivity index (χ0) is 11.3. The maximum atomic E-state index is 8.87. The zero-order valence-corrected chi connectivity index (χ0v) is 10.4. The normalized spacial score (nSPS) is 13.5. The quantitative estimate of drug-likeness (QED) is 0.829. The molecule has 0 aliphatic carbocycles. The summed E-state index contributed by atoms with van der Waals surface area (Å²) in [7, 11) is 0.